The first-order valence-corrected chi connectivity index (χ1v) is 10.4. The van der Waals surface area contributed by atoms with Crippen LogP contribution in [0.2, 0.25) is 0 Å². The summed E-state index contributed by atoms with van der Waals surface area (Å²) < 4.78 is 5.18. The van der Waals surface area contributed by atoms with E-state index < -0.39 is 0 Å². The Balaban J connectivity index is 1.91. The second kappa shape index (κ2) is 9.98. The van der Waals surface area contributed by atoms with Crippen LogP contribution in [0, 0.1) is 0 Å². The van der Waals surface area contributed by atoms with Crippen molar-refractivity contribution < 1.29 is 14.0 Å². The fourth-order valence-corrected chi connectivity index (χ4v) is 3.57. The molecule has 2 aromatic carbocycles. The van der Waals surface area contributed by atoms with Gasteiger partial charge in [-0.05, 0) is 48.4 Å². The van der Waals surface area contributed by atoms with Crippen LogP contribution < -0.4 is 10.2 Å². The van der Waals surface area contributed by atoms with Crippen molar-refractivity contribution in [2.45, 2.75) is 32.9 Å². The van der Waals surface area contributed by atoms with Crippen LogP contribution in [-0.4, -0.2) is 30.8 Å². The number of nitrogens with zero attached hydrogens (tertiary/aromatic N) is 2. The molecule has 6 heteroatoms. The number of carbonyl (C=O) groups excluding carboxylic acids is 2. The van der Waals surface area contributed by atoms with Gasteiger partial charge in [-0.1, -0.05) is 37.3 Å². The summed E-state index contributed by atoms with van der Waals surface area (Å²) in [6, 6.07) is 18.9. The molecule has 0 fully saturated rings. The zero-order valence-electron chi connectivity index (χ0n) is 18.5. The first-order valence-electron chi connectivity index (χ1n) is 10.4. The average molecular weight is 420 g/mol. The van der Waals surface area contributed by atoms with Gasteiger partial charge in [0.2, 0.25) is 5.91 Å². The van der Waals surface area contributed by atoms with Gasteiger partial charge in [-0.3, -0.25) is 9.59 Å². The maximum atomic E-state index is 12.9. The van der Waals surface area contributed by atoms with Gasteiger partial charge in [0, 0.05) is 38.4 Å². The monoisotopic (exact) mass is 419 g/mol. The van der Waals surface area contributed by atoms with E-state index in [2.05, 4.69) is 5.32 Å². The third-order valence-corrected chi connectivity index (χ3v) is 5.28. The number of benzene rings is 2. The number of hydrogen-bond acceptors (Lipinski definition) is 4. The third-order valence-electron chi connectivity index (χ3n) is 5.28. The molecule has 6 nitrogen and oxygen atoms in total. The summed E-state index contributed by atoms with van der Waals surface area (Å²) in [5.74, 6) is 0.0116. The number of anilines is 2. The van der Waals surface area contributed by atoms with Crippen molar-refractivity contribution >= 4 is 23.2 Å². The Labute approximate surface area is 183 Å². The molecule has 0 saturated carbocycles. The molecule has 2 amide bonds. The van der Waals surface area contributed by atoms with E-state index in [4.69, 9.17) is 4.42 Å². The average Bonchev–Trinajstić information content (AvgIpc) is 3.32. The van der Waals surface area contributed by atoms with Gasteiger partial charge in [0.1, 0.15) is 0 Å². The van der Waals surface area contributed by atoms with Crippen LogP contribution in [0.5, 0.6) is 0 Å². The molecule has 0 aliphatic rings. The molecule has 3 aromatic rings. The Morgan fingerprint density at radius 1 is 1.03 bits per heavy atom. The van der Waals surface area contributed by atoms with Crippen LogP contribution in [0.4, 0.5) is 11.4 Å². The van der Waals surface area contributed by atoms with E-state index in [0.29, 0.717) is 18.7 Å². The predicted octanol–water partition coefficient (Wildman–Crippen LogP) is 5.10. The Morgan fingerprint density at radius 3 is 2.39 bits per heavy atom. The fraction of sp³-hybridized carbons (Fsp3) is 0.280. The number of carbonyl (C=O) groups is 2. The molecule has 0 unspecified atom stereocenters. The van der Waals surface area contributed by atoms with Gasteiger partial charge in [0.25, 0.3) is 5.91 Å². The molecule has 162 valence electrons. The van der Waals surface area contributed by atoms with Crippen LogP contribution in [0.25, 0.3) is 0 Å². The van der Waals surface area contributed by atoms with E-state index >= 15 is 0 Å². The minimum absolute atomic E-state index is 0.0751. The highest BCUT2D eigenvalue weighted by Gasteiger charge is 2.22. The van der Waals surface area contributed by atoms with Crippen molar-refractivity contribution in [1.82, 2.24) is 4.90 Å². The van der Waals surface area contributed by atoms with Gasteiger partial charge in [-0.25, -0.2) is 0 Å². The smallest absolute Gasteiger partial charge is 0.291 e. The number of amides is 2. The minimum Gasteiger partial charge on any atom is -0.459 e. The predicted molar refractivity (Wildman–Crippen MR) is 123 cm³/mol. The van der Waals surface area contributed by atoms with Crippen LogP contribution in [-0.2, 0) is 11.3 Å². The molecule has 0 aliphatic carbocycles. The lowest BCUT2D eigenvalue weighted by Crippen LogP contribution is -2.33. The quantitative estimate of drug-likeness (QED) is 0.552. The van der Waals surface area contributed by atoms with Crippen molar-refractivity contribution in [3.8, 4) is 0 Å². The molecule has 1 atom stereocenters. The number of nitrogens with one attached hydrogen (secondary N) is 1. The van der Waals surface area contributed by atoms with E-state index in [9.17, 15) is 9.59 Å². The van der Waals surface area contributed by atoms with Crippen LogP contribution in [0.1, 0.15) is 48.0 Å². The highest BCUT2D eigenvalue weighted by molar-refractivity contribution is 6.02. The van der Waals surface area contributed by atoms with Gasteiger partial charge >= 0.3 is 0 Å². The van der Waals surface area contributed by atoms with Gasteiger partial charge in [-0.15, -0.1) is 0 Å². The summed E-state index contributed by atoms with van der Waals surface area (Å²) >= 11 is 0. The van der Waals surface area contributed by atoms with Crippen molar-refractivity contribution in [3.63, 3.8) is 0 Å². The fourth-order valence-electron chi connectivity index (χ4n) is 3.57. The lowest BCUT2D eigenvalue weighted by molar-refractivity contribution is -0.133. The molecular weight excluding hydrogens is 390 g/mol. The standard InChI is InChI=1S/C25H29N3O3/c1-5-24(29)28(18(2)19-10-7-6-8-11-19)17-20-16-21(13-14-22(20)27(3)4)26-25(30)23-12-9-15-31-23/h6-16,18H,5,17H2,1-4H3,(H,26,30)/t18-/m1/s1. The van der Waals surface area contributed by atoms with Gasteiger partial charge in [0.15, 0.2) is 5.76 Å². The highest BCUT2D eigenvalue weighted by Crippen LogP contribution is 2.29. The zero-order valence-corrected chi connectivity index (χ0v) is 18.5. The van der Waals surface area contributed by atoms with Crippen LogP contribution in [0.3, 0.4) is 0 Å². The van der Waals surface area contributed by atoms with E-state index in [1.807, 2.05) is 86.3 Å². The number of furan rings is 1. The second-order valence-electron chi connectivity index (χ2n) is 7.63. The van der Waals surface area contributed by atoms with Crippen LogP contribution in [0.15, 0.2) is 71.3 Å². The Hall–Kier alpha value is -3.54. The van der Waals surface area contributed by atoms with Crippen LogP contribution >= 0.6 is 0 Å². The lowest BCUT2D eigenvalue weighted by atomic mass is 10.0. The molecule has 0 aliphatic heterocycles. The van der Waals surface area contributed by atoms with E-state index in [1.165, 1.54) is 6.26 Å². The molecule has 1 aromatic heterocycles. The summed E-state index contributed by atoms with van der Waals surface area (Å²) in [6.07, 6.45) is 1.89. The molecule has 3 rings (SSSR count). The highest BCUT2D eigenvalue weighted by atomic mass is 16.3. The normalized spacial score (nSPS) is 11.6. The Bertz CT molecular complexity index is 1010. The molecule has 1 N–H and O–H groups in total. The molecule has 31 heavy (non-hydrogen) atoms. The SMILES string of the molecule is CCC(=O)N(Cc1cc(NC(=O)c2ccco2)ccc1N(C)C)[C@H](C)c1ccccc1. The van der Waals surface area contributed by atoms with Crippen molar-refractivity contribution in [2.75, 3.05) is 24.3 Å². The number of rotatable bonds is 8. The molecule has 1 heterocycles. The van der Waals surface area contributed by atoms with E-state index in [0.717, 1.165) is 16.8 Å². The second-order valence-corrected chi connectivity index (χ2v) is 7.63. The molecule has 0 bridgehead atoms. The summed E-state index contributed by atoms with van der Waals surface area (Å²) in [5.41, 5.74) is 3.67. The van der Waals surface area contributed by atoms with Gasteiger partial charge in [0.05, 0.1) is 12.3 Å². The summed E-state index contributed by atoms with van der Waals surface area (Å²) in [4.78, 5) is 29.1. The minimum atomic E-state index is -0.312. The zero-order chi connectivity index (χ0) is 22.4. The van der Waals surface area contributed by atoms with Crippen molar-refractivity contribution in [3.05, 3.63) is 83.8 Å². The molecular formula is C25H29N3O3. The first-order chi connectivity index (χ1) is 14.9. The summed E-state index contributed by atoms with van der Waals surface area (Å²) in [6.45, 7) is 4.35. The third kappa shape index (κ3) is 5.34. The Morgan fingerprint density at radius 2 is 1.77 bits per heavy atom. The largest absolute Gasteiger partial charge is 0.459 e. The molecule has 0 radical (unpaired) electrons. The summed E-state index contributed by atoms with van der Waals surface area (Å²) in [7, 11) is 3.93. The Kier molecular flexibility index (Phi) is 7.13. The first kappa shape index (κ1) is 22.2. The molecule has 0 spiro atoms. The maximum Gasteiger partial charge on any atom is 0.291 e. The summed E-state index contributed by atoms with van der Waals surface area (Å²) in [5, 5.41) is 2.87. The van der Waals surface area contributed by atoms with Crippen molar-refractivity contribution in [1.29, 1.82) is 0 Å². The van der Waals surface area contributed by atoms with Gasteiger partial charge < -0.3 is 19.5 Å². The number of hydrogen-bond donors (Lipinski definition) is 1. The molecule has 0 saturated heterocycles. The maximum absolute atomic E-state index is 12.9. The lowest BCUT2D eigenvalue weighted by Gasteiger charge is -2.31. The topological polar surface area (TPSA) is 65.8 Å². The van der Waals surface area contributed by atoms with Crippen molar-refractivity contribution in [2.24, 2.45) is 0 Å². The van der Waals surface area contributed by atoms with Gasteiger partial charge in [-0.2, -0.15) is 0 Å². The van der Waals surface area contributed by atoms with E-state index in [1.54, 1.807) is 12.1 Å². The van der Waals surface area contributed by atoms with E-state index in [-0.39, 0.29) is 23.6 Å².